The Hall–Kier alpha value is -3.93. The first-order valence-electron chi connectivity index (χ1n) is 10.4. The molecule has 0 saturated carbocycles. The van der Waals surface area contributed by atoms with Crippen molar-refractivity contribution in [2.75, 3.05) is 11.9 Å². The number of oxime groups is 1. The zero-order valence-electron chi connectivity index (χ0n) is 18.3. The topological polar surface area (TPSA) is 71.0 Å². The van der Waals surface area contributed by atoms with Gasteiger partial charge in [-0.15, -0.1) is 0 Å². The predicted molar refractivity (Wildman–Crippen MR) is 126 cm³/mol. The van der Waals surface area contributed by atoms with E-state index in [1.807, 2.05) is 79.7 Å². The second-order valence-electron chi connectivity index (χ2n) is 7.43. The van der Waals surface area contributed by atoms with Gasteiger partial charge in [0.1, 0.15) is 0 Å². The third-order valence-electron chi connectivity index (χ3n) is 4.80. The summed E-state index contributed by atoms with van der Waals surface area (Å²) in [6, 6.07) is 27.0. The maximum Gasteiger partial charge on any atom is 0.263 e. The number of amides is 2. The highest BCUT2D eigenvalue weighted by molar-refractivity contribution is 5.99. The van der Waals surface area contributed by atoms with Crippen molar-refractivity contribution < 1.29 is 14.4 Å². The lowest BCUT2D eigenvalue weighted by Crippen LogP contribution is -2.32. The van der Waals surface area contributed by atoms with Crippen molar-refractivity contribution in [3.8, 4) is 0 Å². The van der Waals surface area contributed by atoms with Crippen molar-refractivity contribution in [1.29, 1.82) is 0 Å². The first-order chi connectivity index (χ1) is 15.5. The molecule has 6 heteroatoms. The van der Waals surface area contributed by atoms with Crippen molar-refractivity contribution in [2.24, 2.45) is 5.16 Å². The quantitative estimate of drug-likeness (QED) is 0.399. The molecule has 0 fully saturated rings. The third kappa shape index (κ3) is 7.09. The first-order valence-corrected chi connectivity index (χ1v) is 10.4. The van der Waals surface area contributed by atoms with Gasteiger partial charge in [0.2, 0.25) is 5.91 Å². The van der Waals surface area contributed by atoms with Gasteiger partial charge in [-0.05, 0) is 35.7 Å². The summed E-state index contributed by atoms with van der Waals surface area (Å²) < 4.78 is 0. The fourth-order valence-corrected chi connectivity index (χ4v) is 3.17. The van der Waals surface area contributed by atoms with Crippen molar-refractivity contribution in [3.63, 3.8) is 0 Å². The van der Waals surface area contributed by atoms with Gasteiger partial charge in [-0.25, -0.2) is 0 Å². The van der Waals surface area contributed by atoms with Gasteiger partial charge >= 0.3 is 0 Å². The molecule has 3 rings (SSSR count). The molecule has 0 radical (unpaired) electrons. The number of rotatable bonds is 9. The van der Waals surface area contributed by atoms with Crippen LogP contribution >= 0.6 is 0 Å². The molecule has 0 atom stereocenters. The van der Waals surface area contributed by atoms with E-state index in [1.54, 1.807) is 17.0 Å². The summed E-state index contributed by atoms with van der Waals surface area (Å²) in [6.45, 7) is 4.10. The summed E-state index contributed by atoms with van der Waals surface area (Å²) in [6.07, 6.45) is 0. The largest absolute Gasteiger partial charge is 0.385 e. The van der Waals surface area contributed by atoms with Crippen LogP contribution in [0.1, 0.15) is 30.5 Å². The van der Waals surface area contributed by atoms with Crippen molar-refractivity contribution in [2.45, 2.75) is 26.9 Å². The fraction of sp³-hybridized carbons (Fsp3) is 0.192. The lowest BCUT2D eigenvalue weighted by molar-refractivity contribution is -0.137. The van der Waals surface area contributed by atoms with Crippen LogP contribution in [0.4, 0.5) is 5.69 Å². The van der Waals surface area contributed by atoms with E-state index in [-0.39, 0.29) is 18.4 Å². The molecule has 0 bridgehead atoms. The fourth-order valence-electron chi connectivity index (χ4n) is 3.17. The van der Waals surface area contributed by atoms with Crippen LogP contribution in [-0.2, 0) is 27.5 Å². The lowest BCUT2D eigenvalue weighted by atomic mass is 10.1. The Labute approximate surface area is 188 Å². The van der Waals surface area contributed by atoms with E-state index in [0.717, 1.165) is 16.7 Å². The number of carbonyl (C=O) groups excluding carboxylic acids is 2. The van der Waals surface area contributed by atoms with Crippen molar-refractivity contribution in [1.82, 2.24) is 4.90 Å². The number of hydrogen-bond acceptors (Lipinski definition) is 4. The van der Waals surface area contributed by atoms with Crippen molar-refractivity contribution >= 4 is 23.2 Å². The highest BCUT2D eigenvalue weighted by Crippen LogP contribution is 2.12. The minimum atomic E-state index is -0.152. The monoisotopic (exact) mass is 429 g/mol. The molecule has 32 heavy (non-hydrogen) atoms. The molecule has 0 aliphatic rings. The molecule has 0 unspecified atom stereocenters. The molecule has 0 heterocycles. The van der Waals surface area contributed by atoms with Crippen LogP contribution < -0.4 is 5.32 Å². The molecule has 164 valence electrons. The van der Waals surface area contributed by atoms with Crippen LogP contribution in [0.2, 0.25) is 0 Å². The Morgan fingerprint density at radius 2 is 1.34 bits per heavy atom. The second-order valence-corrected chi connectivity index (χ2v) is 7.43. The Balaban J connectivity index is 1.62. The number of benzene rings is 3. The minimum Gasteiger partial charge on any atom is -0.385 e. The molecular weight excluding hydrogens is 402 g/mol. The van der Waals surface area contributed by atoms with Gasteiger partial charge in [0.15, 0.2) is 6.61 Å². The molecule has 2 amide bonds. The maximum atomic E-state index is 12.9. The Morgan fingerprint density at radius 3 is 1.84 bits per heavy atom. The summed E-state index contributed by atoms with van der Waals surface area (Å²) >= 11 is 0. The molecule has 0 aliphatic heterocycles. The van der Waals surface area contributed by atoms with Gasteiger partial charge in [0.25, 0.3) is 5.91 Å². The highest BCUT2D eigenvalue weighted by atomic mass is 16.6. The van der Waals surface area contributed by atoms with Crippen LogP contribution in [0.5, 0.6) is 0 Å². The normalized spacial score (nSPS) is 11.0. The SMILES string of the molecule is CC(=O)Nc1ccc(C(C)=NOCC(=O)N(Cc2ccccc2)Cc2ccccc2)cc1. The van der Waals surface area contributed by atoms with Gasteiger partial charge in [0, 0.05) is 25.7 Å². The van der Waals surface area contributed by atoms with E-state index >= 15 is 0 Å². The van der Waals surface area contributed by atoms with Gasteiger partial charge in [-0.3, -0.25) is 9.59 Å². The molecule has 6 nitrogen and oxygen atoms in total. The molecule has 1 N–H and O–H groups in total. The molecule has 0 saturated heterocycles. The van der Waals surface area contributed by atoms with Crippen LogP contribution in [-0.4, -0.2) is 29.0 Å². The summed E-state index contributed by atoms with van der Waals surface area (Å²) in [5.74, 6) is -0.268. The standard InChI is InChI=1S/C26H27N3O3/c1-20(24-13-15-25(16-14-24)27-21(2)30)28-32-19-26(31)29(17-22-9-5-3-6-10-22)18-23-11-7-4-8-12-23/h3-16H,17-19H2,1-2H3,(H,27,30). The zero-order chi connectivity index (χ0) is 22.8. The molecular formula is C26H27N3O3. The number of anilines is 1. The Morgan fingerprint density at radius 1 is 0.812 bits per heavy atom. The molecule has 0 aromatic heterocycles. The zero-order valence-corrected chi connectivity index (χ0v) is 18.3. The van der Waals surface area contributed by atoms with Crippen molar-refractivity contribution in [3.05, 3.63) is 102 Å². The van der Waals surface area contributed by atoms with Crippen LogP contribution in [0.15, 0.2) is 90.1 Å². The van der Waals surface area contributed by atoms with E-state index in [1.165, 1.54) is 6.92 Å². The predicted octanol–water partition coefficient (Wildman–Crippen LogP) is 4.61. The van der Waals surface area contributed by atoms with Crippen LogP contribution in [0, 0.1) is 0 Å². The summed E-state index contributed by atoms with van der Waals surface area (Å²) in [7, 11) is 0. The van der Waals surface area contributed by atoms with Gasteiger partial charge < -0.3 is 15.1 Å². The average molecular weight is 430 g/mol. The van der Waals surface area contributed by atoms with Crippen LogP contribution in [0.3, 0.4) is 0 Å². The van der Waals surface area contributed by atoms with E-state index in [4.69, 9.17) is 4.84 Å². The second kappa shape index (κ2) is 11.5. The van der Waals surface area contributed by atoms with Gasteiger partial charge in [0.05, 0.1) is 5.71 Å². The summed E-state index contributed by atoms with van der Waals surface area (Å²) in [5.41, 5.74) is 4.30. The molecule has 0 spiro atoms. The lowest BCUT2D eigenvalue weighted by Gasteiger charge is -2.22. The van der Waals surface area contributed by atoms with E-state index in [9.17, 15) is 9.59 Å². The van der Waals surface area contributed by atoms with E-state index in [0.29, 0.717) is 24.5 Å². The third-order valence-corrected chi connectivity index (χ3v) is 4.80. The average Bonchev–Trinajstić information content (AvgIpc) is 2.80. The number of carbonyl (C=O) groups is 2. The Bertz CT molecular complexity index is 1010. The Kier molecular flexibility index (Phi) is 8.15. The minimum absolute atomic E-state index is 0.124. The maximum absolute atomic E-state index is 12.9. The molecule has 0 aliphatic carbocycles. The highest BCUT2D eigenvalue weighted by Gasteiger charge is 2.15. The van der Waals surface area contributed by atoms with Gasteiger partial charge in [-0.1, -0.05) is 78.0 Å². The van der Waals surface area contributed by atoms with E-state index < -0.39 is 0 Å². The first kappa shape index (κ1) is 22.7. The smallest absolute Gasteiger partial charge is 0.263 e. The van der Waals surface area contributed by atoms with E-state index in [2.05, 4.69) is 10.5 Å². The number of hydrogen-bond donors (Lipinski definition) is 1. The molecule has 3 aromatic rings. The van der Waals surface area contributed by atoms with Crippen LogP contribution in [0.25, 0.3) is 0 Å². The molecule has 3 aromatic carbocycles. The number of nitrogens with one attached hydrogen (secondary N) is 1. The van der Waals surface area contributed by atoms with Gasteiger partial charge in [-0.2, -0.15) is 0 Å². The summed E-state index contributed by atoms with van der Waals surface area (Å²) in [4.78, 5) is 31.2. The summed E-state index contributed by atoms with van der Waals surface area (Å²) in [5, 5.41) is 6.82. The number of nitrogens with zero attached hydrogens (tertiary/aromatic N) is 2.